The molecule has 2 aromatic heterocycles. The van der Waals surface area contributed by atoms with E-state index in [9.17, 15) is 13.2 Å². The van der Waals surface area contributed by atoms with Crippen LogP contribution < -0.4 is 5.32 Å². The second-order valence-corrected chi connectivity index (χ2v) is 9.47. The Hall–Kier alpha value is -3.00. The number of likely N-dealkylation sites (tertiary alicyclic amines) is 1. The maximum absolute atomic E-state index is 12.7. The molecule has 2 aliphatic rings. The summed E-state index contributed by atoms with van der Waals surface area (Å²) in [6, 6.07) is 7.83. The van der Waals surface area contributed by atoms with E-state index in [2.05, 4.69) is 57.2 Å². The standard InChI is InChI=1S/C26H28F3N5/c1-16-11-18-3-4-19(17(2)23(18)12-16)14-34-9-7-20(8-10-34)32-24-22-6-5-21(13-26(27,28)29)33-25(22)31-15-30-24/h3-6,12,15,20H,7-11,13-14H2,1-2H3,(H,30,31,32,33). The maximum Gasteiger partial charge on any atom is 0.394 e. The van der Waals surface area contributed by atoms with Gasteiger partial charge in [-0.25, -0.2) is 15.0 Å². The van der Waals surface area contributed by atoms with Crippen LogP contribution in [-0.4, -0.2) is 45.2 Å². The minimum Gasteiger partial charge on any atom is -0.367 e. The predicted octanol–water partition coefficient (Wildman–Crippen LogP) is 5.47. The van der Waals surface area contributed by atoms with E-state index >= 15 is 0 Å². The van der Waals surface area contributed by atoms with Crippen molar-refractivity contribution in [3.63, 3.8) is 0 Å². The first-order valence-electron chi connectivity index (χ1n) is 11.7. The highest BCUT2D eigenvalue weighted by Gasteiger charge is 2.29. The number of halogens is 3. The fourth-order valence-electron chi connectivity index (χ4n) is 5.02. The number of nitrogens with zero attached hydrogens (tertiary/aromatic N) is 4. The second-order valence-electron chi connectivity index (χ2n) is 9.47. The Balaban J connectivity index is 1.22. The van der Waals surface area contributed by atoms with Gasteiger partial charge in [0.2, 0.25) is 0 Å². The minimum atomic E-state index is -4.29. The van der Waals surface area contributed by atoms with Crippen LogP contribution in [-0.2, 0) is 19.4 Å². The molecule has 3 heterocycles. The normalized spacial score (nSPS) is 17.1. The fraction of sp³-hybridized carbons (Fsp3) is 0.423. The highest BCUT2D eigenvalue weighted by molar-refractivity contribution is 5.86. The molecule has 0 unspecified atom stereocenters. The molecular weight excluding hydrogens is 439 g/mol. The van der Waals surface area contributed by atoms with Crippen LogP contribution >= 0.6 is 0 Å². The number of alkyl halides is 3. The summed E-state index contributed by atoms with van der Waals surface area (Å²) in [5.41, 5.74) is 7.27. The van der Waals surface area contributed by atoms with Gasteiger partial charge >= 0.3 is 6.18 Å². The Morgan fingerprint density at radius 1 is 1.06 bits per heavy atom. The molecule has 3 aromatic rings. The van der Waals surface area contributed by atoms with Gasteiger partial charge in [0.1, 0.15) is 12.1 Å². The van der Waals surface area contributed by atoms with Crippen molar-refractivity contribution < 1.29 is 13.2 Å². The van der Waals surface area contributed by atoms with Crippen molar-refractivity contribution in [2.45, 2.75) is 58.3 Å². The number of aromatic nitrogens is 3. The van der Waals surface area contributed by atoms with Crippen molar-refractivity contribution in [3.8, 4) is 0 Å². The number of piperidine rings is 1. The third kappa shape index (κ3) is 4.92. The van der Waals surface area contributed by atoms with Gasteiger partial charge in [-0.2, -0.15) is 13.2 Å². The lowest BCUT2D eigenvalue weighted by Crippen LogP contribution is -2.39. The maximum atomic E-state index is 12.7. The third-order valence-electron chi connectivity index (χ3n) is 6.84. The van der Waals surface area contributed by atoms with E-state index in [1.165, 1.54) is 40.2 Å². The fourth-order valence-corrected chi connectivity index (χ4v) is 5.02. The molecule has 34 heavy (non-hydrogen) atoms. The number of hydrogen-bond acceptors (Lipinski definition) is 5. The van der Waals surface area contributed by atoms with Crippen LogP contribution in [0.15, 0.2) is 36.2 Å². The van der Waals surface area contributed by atoms with Crippen LogP contribution in [0.3, 0.4) is 0 Å². The van der Waals surface area contributed by atoms with E-state index in [4.69, 9.17) is 0 Å². The smallest absolute Gasteiger partial charge is 0.367 e. The Morgan fingerprint density at radius 2 is 1.85 bits per heavy atom. The number of benzene rings is 1. The summed E-state index contributed by atoms with van der Waals surface area (Å²) in [6.07, 6.45) is 1.31. The van der Waals surface area contributed by atoms with Crippen molar-refractivity contribution in [1.29, 1.82) is 0 Å². The van der Waals surface area contributed by atoms with Gasteiger partial charge in [0, 0.05) is 25.7 Å². The lowest BCUT2D eigenvalue weighted by Gasteiger charge is -2.33. The number of allylic oxidation sites excluding steroid dienone is 1. The zero-order valence-electron chi connectivity index (χ0n) is 19.4. The number of fused-ring (bicyclic) bond motifs is 2. The van der Waals surface area contributed by atoms with Crippen molar-refractivity contribution in [3.05, 3.63) is 64.1 Å². The molecular formula is C26H28F3N5. The molecule has 1 aromatic carbocycles. The van der Waals surface area contributed by atoms with E-state index in [0.29, 0.717) is 11.2 Å². The van der Waals surface area contributed by atoms with Crippen LogP contribution in [0.2, 0.25) is 0 Å². The molecule has 1 N–H and O–H groups in total. The average Bonchev–Trinajstić information content (AvgIpc) is 3.17. The van der Waals surface area contributed by atoms with Gasteiger partial charge in [-0.3, -0.25) is 4.90 Å². The van der Waals surface area contributed by atoms with E-state index < -0.39 is 12.6 Å². The summed E-state index contributed by atoms with van der Waals surface area (Å²) >= 11 is 0. The number of pyridine rings is 1. The predicted molar refractivity (Wildman–Crippen MR) is 128 cm³/mol. The average molecular weight is 468 g/mol. The van der Waals surface area contributed by atoms with Gasteiger partial charge < -0.3 is 5.32 Å². The molecule has 0 radical (unpaired) electrons. The first-order chi connectivity index (χ1) is 16.2. The zero-order chi connectivity index (χ0) is 23.9. The molecule has 1 saturated heterocycles. The summed E-state index contributed by atoms with van der Waals surface area (Å²) in [6.45, 7) is 7.31. The first kappa shape index (κ1) is 22.8. The highest BCUT2D eigenvalue weighted by Crippen LogP contribution is 2.31. The van der Waals surface area contributed by atoms with Crippen LogP contribution in [0.1, 0.15) is 47.7 Å². The van der Waals surface area contributed by atoms with Crippen LogP contribution in [0, 0.1) is 6.92 Å². The summed E-state index contributed by atoms with van der Waals surface area (Å²) in [7, 11) is 0. The number of rotatable bonds is 5. The van der Waals surface area contributed by atoms with Gasteiger partial charge in [-0.05, 0) is 67.5 Å². The quantitative estimate of drug-likeness (QED) is 0.539. The van der Waals surface area contributed by atoms with Crippen molar-refractivity contribution in [2.24, 2.45) is 0 Å². The van der Waals surface area contributed by atoms with Crippen molar-refractivity contribution in [2.75, 3.05) is 18.4 Å². The third-order valence-corrected chi connectivity index (χ3v) is 6.84. The Labute approximate surface area is 197 Å². The molecule has 1 aliphatic carbocycles. The monoisotopic (exact) mass is 467 g/mol. The molecule has 1 fully saturated rings. The SMILES string of the molecule is CC1=Cc2c(ccc(CN3CCC(Nc4ncnc5nc(CC(F)(F)F)ccc45)CC3)c2C)C1. The molecule has 5 rings (SSSR count). The van der Waals surface area contributed by atoms with Gasteiger partial charge in [-0.15, -0.1) is 0 Å². The Bertz CT molecular complexity index is 1240. The van der Waals surface area contributed by atoms with Crippen LogP contribution in [0.25, 0.3) is 17.1 Å². The van der Waals surface area contributed by atoms with Crippen LogP contribution in [0.5, 0.6) is 0 Å². The topological polar surface area (TPSA) is 53.9 Å². The summed E-state index contributed by atoms with van der Waals surface area (Å²) in [4.78, 5) is 15.0. The number of nitrogens with one attached hydrogen (secondary N) is 1. The molecule has 0 amide bonds. The van der Waals surface area contributed by atoms with E-state index in [-0.39, 0.29) is 17.4 Å². The van der Waals surface area contributed by atoms with Crippen molar-refractivity contribution in [1.82, 2.24) is 19.9 Å². The molecule has 1 aliphatic heterocycles. The highest BCUT2D eigenvalue weighted by atomic mass is 19.4. The van der Waals surface area contributed by atoms with E-state index in [1.807, 2.05) is 0 Å². The molecule has 8 heteroatoms. The molecule has 178 valence electrons. The minimum absolute atomic E-state index is 0.0366. The lowest BCUT2D eigenvalue weighted by atomic mass is 9.97. The summed E-state index contributed by atoms with van der Waals surface area (Å²) < 4.78 is 38.1. The van der Waals surface area contributed by atoms with E-state index in [1.54, 1.807) is 6.07 Å². The molecule has 0 saturated carbocycles. The van der Waals surface area contributed by atoms with Gasteiger partial charge in [0.15, 0.2) is 5.65 Å². The summed E-state index contributed by atoms with van der Waals surface area (Å²) in [5, 5.41) is 4.12. The molecule has 0 spiro atoms. The number of anilines is 1. The zero-order valence-corrected chi connectivity index (χ0v) is 19.4. The van der Waals surface area contributed by atoms with Gasteiger partial charge in [-0.1, -0.05) is 23.8 Å². The largest absolute Gasteiger partial charge is 0.394 e. The Morgan fingerprint density at radius 3 is 2.62 bits per heavy atom. The Kier molecular flexibility index (Phi) is 6.02. The lowest BCUT2D eigenvalue weighted by molar-refractivity contribution is -0.127. The van der Waals surface area contributed by atoms with Crippen molar-refractivity contribution >= 4 is 22.9 Å². The number of hydrogen-bond donors (Lipinski definition) is 1. The summed E-state index contributed by atoms with van der Waals surface area (Å²) in [5.74, 6) is 0.631. The second kappa shape index (κ2) is 8.98. The van der Waals surface area contributed by atoms with Gasteiger partial charge in [0.25, 0.3) is 0 Å². The first-order valence-corrected chi connectivity index (χ1v) is 11.7. The van der Waals surface area contributed by atoms with E-state index in [0.717, 1.165) is 38.9 Å². The van der Waals surface area contributed by atoms with Gasteiger partial charge in [0.05, 0.1) is 17.5 Å². The molecule has 0 atom stereocenters. The molecule has 5 nitrogen and oxygen atoms in total. The van der Waals surface area contributed by atoms with Crippen LogP contribution in [0.4, 0.5) is 19.0 Å². The molecule has 0 bridgehead atoms.